The Morgan fingerprint density at radius 3 is 2.52 bits per heavy atom. The molecule has 2 aliphatic rings. The Kier molecular flexibility index (Phi) is 7.45. The summed E-state index contributed by atoms with van der Waals surface area (Å²) in [6, 6.07) is -0.406. The molecule has 0 spiro atoms. The molecule has 0 aliphatic carbocycles. The van der Waals surface area contributed by atoms with Gasteiger partial charge in [-0.25, -0.2) is 0 Å². The molecule has 2 aliphatic heterocycles. The number of imide groups is 1. The smallest absolute Gasteiger partial charge is 0.543 e. The maximum atomic E-state index is 12.0. The van der Waals surface area contributed by atoms with E-state index in [1.807, 2.05) is 0 Å². The summed E-state index contributed by atoms with van der Waals surface area (Å²) in [6.07, 6.45) is 0.554. The van der Waals surface area contributed by atoms with Gasteiger partial charge in [-0.2, -0.15) is 0 Å². The molecule has 0 aromatic carbocycles. The third-order valence-corrected chi connectivity index (χ3v) is 5.02. The molecule has 1 fully saturated rings. The number of aliphatic hydroxyl groups excluding tert-OH is 1. The summed E-state index contributed by atoms with van der Waals surface area (Å²) in [4.78, 5) is 48.5. The van der Waals surface area contributed by atoms with Crippen LogP contribution in [0.1, 0.15) is 20.3 Å². The standard InChI is InChI=1S/C15H18N2O6S.Na/c1-7(18)12-9-6-10(13(15(22)23)17(9)14(12)21)24-5-4-11(20)16(3)8(2)19;/h4-5,7,9,12,18H,6H2,1-3H3,(H,22,23);/q;+1/p-1/b5-4+;. The van der Waals surface area contributed by atoms with Crippen LogP contribution in [0.25, 0.3) is 0 Å². The Bertz CT molecular complexity index is 675. The van der Waals surface area contributed by atoms with Gasteiger partial charge in [-0.05, 0) is 12.3 Å². The first-order valence-electron chi connectivity index (χ1n) is 7.23. The van der Waals surface area contributed by atoms with Crippen molar-refractivity contribution >= 4 is 35.5 Å². The molecule has 25 heavy (non-hydrogen) atoms. The van der Waals surface area contributed by atoms with Gasteiger partial charge in [0.15, 0.2) is 0 Å². The zero-order valence-corrected chi connectivity index (χ0v) is 17.2. The molecular weight excluding hydrogens is 359 g/mol. The number of thioether (sulfide) groups is 1. The van der Waals surface area contributed by atoms with Crippen LogP contribution in [0.4, 0.5) is 0 Å². The summed E-state index contributed by atoms with van der Waals surface area (Å²) in [6.45, 7) is 2.74. The predicted molar refractivity (Wildman–Crippen MR) is 82.6 cm³/mol. The zero-order valence-electron chi connectivity index (χ0n) is 14.4. The SMILES string of the molecule is CC(=O)N(C)C(=O)/C=C/SC1=C(C(=O)[O-])N2C(=O)C(C(C)O)C2C1.[Na+]. The van der Waals surface area contributed by atoms with Crippen molar-refractivity contribution in [1.82, 2.24) is 9.80 Å². The Balaban J connectivity index is 0.00000312. The second kappa shape index (κ2) is 8.50. The van der Waals surface area contributed by atoms with E-state index < -0.39 is 41.8 Å². The average molecular weight is 376 g/mol. The fraction of sp³-hybridized carbons (Fsp3) is 0.467. The van der Waals surface area contributed by atoms with Crippen molar-refractivity contribution in [1.29, 1.82) is 0 Å². The van der Waals surface area contributed by atoms with E-state index in [-0.39, 0.29) is 41.7 Å². The van der Waals surface area contributed by atoms with Gasteiger partial charge in [0.05, 0.1) is 29.7 Å². The number of hydrogen-bond donors (Lipinski definition) is 1. The summed E-state index contributed by atoms with van der Waals surface area (Å²) in [7, 11) is 1.33. The molecule has 130 valence electrons. The molecule has 2 heterocycles. The normalized spacial score (nSPS) is 23.0. The van der Waals surface area contributed by atoms with Crippen LogP contribution in [-0.2, 0) is 19.2 Å². The maximum Gasteiger partial charge on any atom is 1.00 e. The summed E-state index contributed by atoms with van der Waals surface area (Å²) in [5.74, 6) is -3.50. The number of rotatable bonds is 5. The molecule has 0 saturated carbocycles. The van der Waals surface area contributed by atoms with Crippen molar-refractivity contribution in [2.45, 2.75) is 32.4 Å². The van der Waals surface area contributed by atoms with E-state index >= 15 is 0 Å². The number of amides is 3. The summed E-state index contributed by atoms with van der Waals surface area (Å²) < 4.78 is 0. The third kappa shape index (κ3) is 4.17. The number of carboxylic acid groups (broad SMARTS) is 1. The van der Waals surface area contributed by atoms with Crippen molar-refractivity contribution in [3.8, 4) is 0 Å². The second-order valence-corrected chi connectivity index (χ2v) is 6.64. The maximum absolute atomic E-state index is 12.0. The van der Waals surface area contributed by atoms with Gasteiger partial charge < -0.3 is 19.9 Å². The summed E-state index contributed by atoms with van der Waals surface area (Å²) >= 11 is 0.985. The molecule has 3 unspecified atom stereocenters. The quantitative estimate of drug-likeness (QED) is 0.294. The van der Waals surface area contributed by atoms with E-state index in [1.165, 1.54) is 26.3 Å². The van der Waals surface area contributed by atoms with Crippen molar-refractivity contribution in [2.24, 2.45) is 5.92 Å². The largest absolute Gasteiger partial charge is 1.00 e. The van der Waals surface area contributed by atoms with Crippen LogP contribution in [0, 0.1) is 5.92 Å². The fourth-order valence-corrected chi connectivity index (χ4v) is 3.68. The molecule has 0 bridgehead atoms. The van der Waals surface area contributed by atoms with Crippen LogP contribution >= 0.6 is 11.8 Å². The van der Waals surface area contributed by atoms with E-state index in [4.69, 9.17) is 0 Å². The number of carbonyl (C=O) groups is 4. The van der Waals surface area contributed by atoms with Gasteiger partial charge in [-0.15, -0.1) is 11.8 Å². The Labute approximate surface area is 171 Å². The van der Waals surface area contributed by atoms with Crippen LogP contribution < -0.4 is 34.7 Å². The second-order valence-electron chi connectivity index (χ2n) is 5.64. The molecular formula is C15H17N2NaO6S. The van der Waals surface area contributed by atoms with Crippen LogP contribution in [0.15, 0.2) is 22.1 Å². The first-order chi connectivity index (χ1) is 11.2. The van der Waals surface area contributed by atoms with Gasteiger partial charge in [0.25, 0.3) is 5.91 Å². The van der Waals surface area contributed by atoms with Gasteiger partial charge in [0.2, 0.25) is 11.8 Å². The van der Waals surface area contributed by atoms with Crippen LogP contribution in [0.2, 0.25) is 0 Å². The predicted octanol–water partition coefficient (Wildman–Crippen LogP) is -4.18. The Morgan fingerprint density at radius 1 is 1.44 bits per heavy atom. The number of nitrogens with zero attached hydrogens (tertiary/aromatic N) is 2. The van der Waals surface area contributed by atoms with Crippen LogP contribution in [-0.4, -0.2) is 57.8 Å². The monoisotopic (exact) mass is 376 g/mol. The fourth-order valence-electron chi connectivity index (χ4n) is 2.77. The number of hydrogen-bond acceptors (Lipinski definition) is 7. The third-order valence-electron chi connectivity index (χ3n) is 4.11. The number of carbonyl (C=O) groups excluding carboxylic acids is 4. The van der Waals surface area contributed by atoms with Crippen molar-refractivity contribution < 1.29 is 58.9 Å². The van der Waals surface area contributed by atoms with Gasteiger partial charge in [0, 0.05) is 31.4 Å². The summed E-state index contributed by atoms with van der Waals surface area (Å²) in [5, 5.41) is 22.3. The number of fused-ring (bicyclic) bond motifs is 1. The molecule has 1 saturated heterocycles. The minimum absolute atomic E-state index is 0. The molecule has 3 amide bonds. The number of aliphatic hydroxyl groups is 1. The molecule has 0 aromatic rings. The van der Waals surface area contributed by atoms with Gasteiger partial charge >= 0.3 is 29.6 Å². The molecule has 10 heteroatoms. The number of carboxylic acids is 1. The Hall–Kier alpha value is -1.13. The molecule has 8 nitrogen and oxygen atoms in total. The first-order valence-corrected chi connectivity index (χ1v) is 8.11. The van der Waals surface area contributed by atoms with Gasteiger partial charge in [0.1, 0.15) is 0 Å². The molecule has 2 rings (SSSR count). The molecule has 0 radical (unpaired) electrons. The van der Waals surface area contributed by atoms with E-state index in [9.17, 15) is 29.4 Å². The minimum atomic E-state index is -1.47. The first kappa shape index (κ1) is 21.9. The Morgan fingerprint density at radius 2 is 2.04 bits per heavy atom. The molecule has 1 N–H and O–H groups in total. The van der Waals surface area contributed by atoms with Gasteiger partial charge in [-0.1, -0.05) is 0 Å². The van der Waals surface area contributed by atoms with E-state index in [0.29, 0.717) is 4.91 Å². The number of aliphatic carboxylic acids is 1. The average Bonchev–Trinajstić information content (AvgIpc) is 2.80. The van der Waals surface area contributed by atoms with Gasteiger partial charge in [-0.3, -0.25) is 19.3 Å². The minimum Gasteiger partial charge on any atom is -0.543 e. The van der Waals surface area contributed by atoms with E-state index in [2.05, 4.69) is 0 Å². The molecule has 0 aromatic heterocycles. The molecule has 3 atom stereocenters. The summed E-state index contributed by atoms with van der Waals surface area (Å²) in [5.41, 5.74) is -0.219. The van der Waals surface area contributed by atoms with Crippen molar-refractivity contribution in [3.63, 3.8) is 0 Å². The van der Waals surface area contributed by atoms with Crippen LogP contribution in [0.3, 0.4) is 0 Å². The van der Waals surface area contributed by atoms with Crippen molar-refractivity contribution in [2.75, 3.05) is 7.05 Å². The van der Waals surface area contributed by atoms with E-state index in [0.717, 1.165) is 27.6 Å². The van der Waals surface area contributed by atoms with Crippen molar-refractivity contribution in [3.05, 3.63) is 22.1 Å². The topological polar surface area (TPSA) is 118 Å². The van der Waals surface area contributed by atoms with Crippen LogP contribution in [0.5, 0.6) is 0 Å². The van der Waals surface area contributed by atoms with E-state index in [1.54, 1.807) is 0 Å². The number of β-lactam (4-membered cyclic amide) rings is 1. The zero-order chi connectivity index (χ0) is 18.2. The number of likely N-dealkylation sites (N-methyl/N-ethyl adjacent to an activating group) is 1.